The van der Waals surface area contributed by atoms with Gasteiger partial charge in [0.2, 0.25) is 11.8 Å². The minimum atomic E-state index is -0.553. The van der Waals surface area contributed by atoms with Crippen molar-refractivity contribution in [2.75, 3.05) is 12.4 Å². The second-order valence-electron chi connectivity index (χ2n) is 5.62. The zero-order valence-electron chi connectivity index (χ0n) is 13.5. The van der Waals surface area contributed by atoms with E-state index < -0.39 is 5.92 Å². The highest BCUT2D eigenvalue weighted by atomic mass is 16.5. The van der Waals surface area contributed by atoms with Gasteiger partial charge in [-0.25, -0.2) is 0 Å². The van der Waals surface area contributed by atoms with E-state index >= 15 is 0 Å². The van der Waals surface area contributed by atoms with Crippen molar-refractivity contribution in [1.29, 1.82) is 0 Å². The molecule has 0 radical (unpaired) electrons. The molecule has 124 valence electrons. The Morgan fingerprint density at radius 2 is 2.21 bits per heavy atom. The summed E-state index contributed by atoms with van der Waals surface area (Å²) in [6, 6.07) is 5.28. The highest BCUT2D eigenvalue weighted by Gasteiger charge is 2.31. The summed E-state index contributed by atoms with van der Waals surface area (Å²) >= 11 is 0. The first-order valence-electron chi connectivity index (χ1n) is 7.60. The first kappa shape index (κ1) is 15.9. The van der Waals surface area contributed by atoms with Crippen LogP contribution in [0.25, 0.3) is 0 Å². The Hall–Kier alpha value is -2.96. The van der Waals surface area contributed by atoms with Gasteiger partial charge in [-0.15, -0.1) is 0 Å². The molecule has 2 heterocycles. The van der Waals surface area contributed by atoms with E-state index in [1.165, 1.54) is 0 Å². The number of aryl methyl sites for hydroxylation is 1. The fourth-order valence-corrected chi connectivity index (χ4v) is 2.61. The molecule has 1 aromatic heterocycles. The van der Waals surface area contributed by atoms with E-state index in [1.807, 2.05) is 6.92 Å². The van der Waals surface area contributed by atoms with Gasteiger partial charge in [0.05, 0.1) is 37.2 Å². The third kappa shape index (κ3) is 3.34. The van der Waals surface area contributed by atoms with Crippen LogP contribution in [0.3, 0.4) is 0 Å². The summed E-state index contributed by atoms with van der Waals surface area (Å²) < 4.78 is 5.21. The summed E-state index contributed by atoms with van der Waals surface area (Å²) in [5.74, 6) is -0.306. The number of rotatable bonds is 4. The molecule has 2 aromatic rings. The van der Waals surface area contributed by atoms with E-state index in [9.17, 15) is 9.59 Å². The van der Waals surface area contributed by atoms with Crippen molar-refractivity contribution in [3.8, 4) is 5.75 Å². The molecule has 1 atom stereocenters. The number of amides is 2. The Bertz CT molecular complexity index is 774. The van der Waals surface area contributed by atoms with Crippen molar-refractivity contribution in [1.82, 2.24) is 15.3 Å². The van der Waals surface area contributed by atoms with Gasteiger partial charge >= 0.3 is 0 Å². The van der Waals surface area contributed by atoms with Crippen LogP contribution in [-0.4, -0.2) is 28.9 Å². The third-order valence-corrected chi connectivity index (χ3v) is 3.89. The average molecular weight is 326 g/mol. The van der Waals surface area contributed by atoms with Crippen LogP contribution in [0.1, 0.15) is 29.3 Å². The molecule has 1 aliphatic rings. The van der Waals surface area contributed by atoms with Crippen LogP contribution >= 0.6 is 0 Å². The molecule has 2 N–H and O–H groups in total. The van der Waals surface area contributed by atoms with Gasteiger partial charge in [-0.2, -0.15) is 0 Å². The molecule has 7 nitrogen and oxygen atoms in total. The van der Waals surface area contributed by atoms with E-state index in [2.05, 4.69) is 20.6 Å². The number of nitrogens with zero attached hydrogens (tertiary/aromatic N) is 2. The highest BCUT2D eigenvalue weighted by molar-refractivity contribution is 6.01. The molecule has 1 aromatic carbocycles. The molecule has 0 aliphatic carbocycles. The number of nitrogens with one attached hydrogen (secondary N) is 2. The molecule has 7 heteroatoms. The van der Waals surface area contributed by atoms with Crippen LogP contribution in [0, 0.1) is 6.92 Å². The second-order valence-corrected chi connectivity index (χ2v) is 5.62. The minimum Gasteiger partial charge on any atom is -0.497 e. The molecular formula is C17H18N4O3. The highest BCUT2D eigenvalue weighted by Crippen LogP contribution is 2.35. The standard InChI is InChI=1S/C17H18N4O3/c1-10-7-19-11(8-18-10)9-20-17(23)14-6-16(22)21-15-4-3-12(24-2)5-13(14)15/h3-5,7-8,14H,6,9H2,1-2H3,(H,20,23)(H,21,22)/t14-/m0/s1. The van der Waals surface area contributed by atoms with Gasteiger partial charge in [0, 0.05) is 18.3 Å². The number of aromatic nitrogens is 2. The zero-order valence-corrected chi connectivity index (χ0v) is 13.5. The van der Waals surface area contributed by atoms with Crippen LogP contribution in [0.15, 0.2) is 30.6 Å². The Labute approximate surface area is 139 Å². The van der Waals surface area contributed by atoms with Gasteiger partial charge in [0.25, 0.3) is 0 Å². The number of carbonyl (C=O) groups is 2. The number of fused-ring (bicyclic) bond motifs is 1. The van der Waals surface area contributed by atoms with E-state index in [0.717, 1.165) is 11.3 Å². The molecule has 0 saturated heterocycles. The Kier molecular flexibility index (Phi) is 4.41. The maximum absolute atomic E-state index is 12.6. The summed E-state index contributed by atoms with van der Waals surface area (Å²) in [5, 5.41) is 5.60. The van der Waals surface area contributed by atoms with Crippen molar-refractivity contribution in [2.24, 2.45) is 0 Å². The van der Waals surface area contributed by atoms with Crippen LogP contribution in [0.5, 0.6) is 5.75 Å². The summed E-state index contributed by atoms with van der Waals surface area (Å²) in [5.41, 5.74) is 2.87. The van der Waals surface area contributed by atoms with Crippen LogP contribution < -0.4 is 15.4 Å². The van der Waals surface area contributed by atoms with Crippen molar-refractivity contribution in [3.05, 3.63) is 47.5 Å². The molecular weight excluding hydrogens is 308 g/mol. The van der Waals surface area contributed by atoms with Crippen molar-refractivity contribution >= 4 is 17.5 Å². The molecule has 0 fully saturated rings. The van der Waals surface area contributed by atoms with Crippen molar-refractivity contribution in [3.63, 3.8) is 0 Å². The minimum absolute atomic E-state index is 0.103. The topological polar surface area (TPSA) is 93.2 Å². The number of carbonyl (C=O) groups excluding carboxylic acids is 2. The molecule has 3 rings (SSSR count). The fourth-order valence-electron chi connectivity index (χ4n) is 2.61. The molecule has 2 amide bonds. The van der Waals surface area contributed by atoms with Gasteiger partial charge in [-0.05, 0) is 30.7 Å². The third-order valence-electron chi connectivity index (χ3n) is 3.89. The summed E-state index contributed by atoms with van der Waals surface area (Å²) in [6.45, 7) is 2.11. The lowest BCUT2D eigenvalue weighted by Gasteiger charge is -2.25. The van der Waals surface area contributed by atoms with E-state index in [4.69, 9.17) is 4.74 Å². The van der Waals surface area contributed by atoms with Crippen molar-refractivity contribution < 1.29 is 14.3 Å². The molecule has 0 saturated carbocycles. The molecule has 0 unspecified atom stereocenters. The van der Waals surface area contributed by atoms with E-state index in [-0.39, 0.29) is 24.8 Å². The van der Waals surface area contributed by atoms with Gasteiger partial charge in [-0.3, -0.25) is 19.6 Å². The molecule has 0 bridgehead atoms. The number of ether oxygens (including phenoxy) is 1. The number of hydrogen-bond donors (Lipinski definition) is 2. The first-order chi connectivity index (χ1) is 11.6. The molecule has 24 heavy (non-hydrogen) atoms. The smallest absolute Gasteiger partial charge is 0.228 e. The summed E-state index contributed by atoms with van der Waals surface area (Å²) in [6.07, 6.45) is 3.38. The Balaban J connectivity index is 1.77. The molecule has 1 aliphatic heterocycles. The quantitative estimate of drug-likeness (QED) is 0.889. The van der Waals surface area contributed by atoms with Gasteiger partial charge in [0.1, 0.15) is 5.75 Å². The predicted octanol–water partition coefficient (Wildman–Crippen LogP) is 1.54. The van der Waals surface area contributed by atoms with Crippen LogP contribution in [-0.2, 0) is 16.1 Å². The average Bonchev–Trinajstić information content (AvgIpc) is 2.59. The Morgan fingerprint density at radius 3 is 2.92 bits per heavy atom. The lowest BCUT2D eigenvalue weighted by molar-refractivity contribution is -0.126. The fraction of sp³-hybridized carbons (Fsp3) is 0.294. The molecule has 0 spiro atoms. The SMILES string of the molecule is COc1ccc2c(c1)[C@@H](C(=O)NCc1cnc(C)cn1)CC(=O)N2. The largest absolute Gasteiger partial charge is 0.497 e. The second kappa shape index (κ2) is 6.66. The summed E-state index contributed by atoms with van der Waals surface area (Å²) in [7, 11) is 1.56. The lowest BCUT2D eigenvalue weighted by atomic mass is 9.89. The van der Waals surface area contributed by atoms with Crippen LogP contribution in [0.2, 0.25) is 0 Å². The van der Waals surface area contributed by atoms with Crippen molar-refractivity contribution in [2.45, 2.75) is 25.8 Å². The van der Waals surface area contributed by atoms with E-state index in [0.29, 0.717) is 17.1 Å². The zero-order chi connectivity index (χ0) is 17.1. The number of anilines is 1. The maximum atomic E-state index is 12.6. The summed E-state index contributed by atoms with van der Waals surface area (Å²) in [4.78, 5) is 32.8. The van der Waals surface area contributed by atoms with Crippen LogP contribution in [0.4, 0.5) is 5.69 Å². The number of benzene rings is 1. The monoisotopic (exact) mass is 326 g/mol. The van der Waals surface area contributed by atoms with Gasteiger partial charge in [0.15, 0.2) is 0 Å². The van der Waals surface area contributed by atoms with E-state index in [1.54, 1.807) is 37.7 Å². The number of hydrogen-bond acceptors (Lipinski definition) is 5. The first-order valence-corrected chi connectivity index (χ1v) is 7.60. The predicted molar refractivity (Wildman–Crippen MR) is 87.6 cm³/mol. The normalized spacial score (nSPS) is 16.1. The van der Waals surface area contributed by atoms with Gasteiger partial charge < -0.3 is 15.4 Å². The Morgan fingerprint density at radius 1 is 1.38 bits per heavy atom. The maximum Gasteiger partial charge on any atom is 0.228 e. The lowest BCUT2D eigenvalue weighted by Crippen LogP contribution is -2.35. The number of methoxy groups -OCH3 is 1. The van der Waals surface area contributed by atoms with Gasteiger partial charge in [-0.1, -0.05) is 0 Å².